The molecule has 0 saturated carbocycles. The van der Waals surface area contributed by atoms with Crippen molar-refractivity contribution in [2.24, 2.45) is 0 Å². The largest absolute Gasteiger partial charge is 0.480 e. The van der Waals surface area contributed by atoms with Gasteiger partial charge < -0.3 is 15.0 Å². The number of rotatable bonds is 2. The molecule has 1 atom stereocenters. The van der Waals surface area contributed by atoms with Gasteiger partial charge in [-0.2, -0.15) is 0 Å². The van der Waals surface area contributed by atoms with Crippen molar-refractivity contribution in [2.75, 3.05) is 6.54 Å². The van der Waals surface area contributed by atoms with Crippen molar-refractivity contribution in [3.63, 3.8) is 0 Å². The maximum atomic E-state index is 13.1. The van der Waals surface area contributed by atoms with Crippen molar-refractivity contribution >= 4 is 22.8 Å². The Kier molecular flexibility index (Phi) is 2.93. The molecule has 0 aliphatic carbocycles. The van der Waals surface area contributed by atoms with Crippen molar-refractivity contribution < 1.29 is 19.1 Å². The van der Waals surface area contributed by atoms with Crippen LogP contribution in [0.15, 0.2) is 24.3 Å². The highest BCUT2D eigenvalue weighted by Gasteiger charge is 2.34. The molecule has 5 nitrogen and oxygen atoms in total. The summed E-state index contributed by atoms with van der Waals surface area (Å²) < 4.78 is 13.1. The van der Waals surface area contributed by atoms with Crippen LogP contribution in [-0.2, 0) is 4.79 Å². The van der Waals surface area contributed by atoms with Crippen molar-refractivity contribution in [3.05, 3.63) is 35.8 Å². The lowest BCUT2D eigenvalue weighted by atomic mass is 10.2. The molecule has 2 heterocycles. The van der Waals surface area contributed by atoms with E-state index in [9.17, 15) is 14.0 Å². The number of nitrogens with zero attached hydrogens (tertiary/aromatic N) is 1. The van der Waals surface area contributed by atoms with Gasteiger partial charge in [-0.05, 0) is 37.1 Å². The second-order valence-corrected chi connectivity index (χ2v) is 4.91. The molecule has 0 radical (unpaired) electrons. The lowest BCUT2D eigenvalue weighted by Crippen LogP contribution is -2.40. The van der Waals surface area contributed by atoms with E-state index in [1.54, 1.807) is 12.1 Å². The Morgan fingerprint density at radius 1 is 1.35 bits per heavy atom. The van der Waals surface area contributed by atoms with E-state index in [1.165, 1.54) is 17.0 Å². The van der Waals surface area contributed by atoms with E-state index >= 15 is 0 Å². The van der Waals surface area contributed by atoms with E-state index in [1.807, 2.05) is 0 Å². The number of amides is 1. The quantitative estimate of drug-likeness (QED) is 0.881. The average molecular weight is 276 g/mol. The van der Waals surface area contributed by atoms with Crippen molar-refractivity contribution in [2.45, 2.75) is 18.9 Å². The van der Waals surface area contributed by atoms with Crippen LogP contribution in [0.1, 0.15) is 23.3 Å². The van der Waals surface area contributed by atoms with Gasteiger partial charge in [-0.1, -0.05) is 0 Å². The fourth-order valence-electron chi connectivity index (χ4n) is 2.64. The number of aliphatic carboxylic acids is 1. The van der Waals surface area contributed by atoms with E-state index in [2.05, 4.69) is 4.98 Å². The third-order valence-electron chi connectivity index (χ3n) is 3.61. The molecule has 0 unspecified atom stereocenters. The predicted molar refractivity (Wildman–Crippen MR) is 70.0 cm³/mol. The number of nitrogens with one attached hydrogen (secondary N) is 1. The molecule has 2 aromatic rings. The van der Waals surface area contributed by atoms with Gasteiger partial charge in [0.25, 0.3) is 5.91 Å². The summed E-state index contributed by atoms with van der Waals surface area (Å²) in [5.74, 6) is -1.72. The molecule has 3 rings (SSSR count). The van der Waals surface area contributed by atoms with Crippen molar-refractivity contribution in [3.8, 4) is 0 Å². The molecule has 1 aliphatic rings. The molecule has 1 fully saturated rings. The Morgan fingerprint density at radius 3 is 2.90 bits per heavy atom. The fourth-order valence-corrected chi connectivity index (χ4v) is 2.64. The smallest absolute Gasteiger partial charge is 0.326 e. The molecule has 20 heavy (non-hydrogen) atoms. The van der Waals surface area contributed by atoms with E-state index < -0.39 is 12.0 Å². The first-order valence-corrected chi connectivity index (χ1v) is 6.38. The number of carbonyl (C=O) groups is 2. The Hall–Kier alpha value is -2.37. The van der Waals surface area contributed by atoms with Crippen molar-refractivity contribution in [1.82, 2.24) is 9.88 Å². The molecular weight excluding hydrogens is 263 g/mol. The lowest BCUT2D eigenvalue weighted by Gasteiger charge is -2.20. The van der Waals surface area contributed by atoms with Gasteiger partial charge in [0.15, 0.2) is 0 Å². The highest BCUT2D eigenvalue weighted by molar-refractivity contribution is 5.99. The first kappa shape index (κ1) is 12.7. The molecule has 1 amide bonds. The monoisotopic (exact) mass is 276 g/mol. The Labute approximate surface area is 114 Å². The van der Waals surface area contributed by atoms with Crippen molar-refractivity contribution in [1.29, 1.82) is 0 Å². The number of halogens is 1. The Morgan fingerprint density at radius 2 is 2.15 bits per heavy atom. The maximum Gasteiger partial charge on any atom is 0.326 e. The van der Waals surface area contributed by atoms with Crippen LogP contribution in [-0.4, -0.2) is 39.5 Å². The number of carboxylic acid groups (broad SMARTS) is 1. The zero-order chi connectivity index (χ0) is 14.3. The highest BCUT2D eigenvalue weighted by Crippen LogP contribution is 2.22. The minimum Gasteiger partial charge on any atom is -0.480 e. The second kappa shape index (κ2) is 4.63. The van der Waals surface area contributed by atoms with Gasteiger partial charge in [-0.25, -0.2) is 9.18 Å². The third-order valence-corrected chi connectivity index (χ3v) is 3.61. The van der Waals surface area contributed by atoms with Gasteiger partial charge in [0.05, 0.1) is 0 Å². The second-order valence-electron chi connectivity index (χ2n) is 4.91. The standard InChI is InChI=1S/C14H13FN2O3/c15-9-3-4-10-8(6-9)7-11(16-10)13(18)17-5-1-2-12(17)14(19)20/h3-4,6-7,12,16H,1-2,5H2,(H,19,20)/t12-/m1/s1. The molecular formula is C14H13FN2O3. The minimum atomic E-state index is -0.988. The minimum absolute atomic E-state index is 0.291. The van der Waals surface area contributed by atoms with Gasteiger partial charge in [-0.3, -0.25) is 4.79 Å². The van der Waals surface area contributed by atoms with E-state index in [-0.39, 0.29) is 11.7 Å². The molecule has 1 aromatic heterocycles. The van der Waals surface area contributed by atoms with Gasteiger partial charge in [-0.15, -0.1) is 0 Å². The highest BCUT2D eigenvalue weighted by atomic mass is 19.1. The van der Waals surface area contributed by atoms with Gasteiger partial charge in [0.2, 0.25) is 0 Å². The summed E-state index contributed by atoms with van der Waals surface area (Å²) >= 11 is 0. The third kappa shape index (κ3) is 2.03. The first-order valence-electron chi connectivity index (χ1n) is 6.38. The molecule has 104 valence electrons. The molecule has 2 N–H and O–H groups in total. The number of carboxylic acids is 1. The zero-order valence-corrected chi connectivity index (χ0v) is 10.6. The predicted octanol–water partition coefficient (Wildman–Crippen LogP) is 2.00. The van der Waals surface area contributed by atoms with Crippen LogP contribution < -0.4 is 0 Å². The maximum absolute atomic E-state index is 13.1. The van der Waals surface area contributed by atoms with Crippen LogP contribution in [0, 0.1) is 5.82 Å². The normalized spacial score (nSPS) is 18.6. The number of carbonyl (C=O) groups excluding carboxylic acids is 1. The van der Waals surface area contributed by atoms with Crippen LogP contribution in [0.3, 0.4) is 0 Å². The van der Waals surface area contributed by atoms with E-state index in [0.717, 1.165) is 0 Å². The average Bonchev–Trinajstić information content (AvgIpc) is 3.03. The molecule has 1 aromatic carbocycles. The fraction of sp³-hybridized carbons (Fsp3) is 0.286. The molecule has 1 saturated heterocycles. The molecule has 0 bridgehead atoms. The Balaban J connectivity index is 1.94. The van der Waals surface area contributed by atoms with E-state index in [0.29, 0.717) is 36.0 Å². The van der Waals surface area contributed by atoms with Gasteiger partial charge in [0, 0.05) is 17.4 Å². The summed E-state index contributed by atoms with van der Waals surface area (Å²) in [6.45, 7) is 0.430. The van der Waals surface area contributed by atoms with Gasteiger partial charge >= 0.3 is 5.97 Å². The summed E-state index contributed by atoms with van der Waals surface area (Å²) in [5, 5.41) is 9.70. The number of aromatic nitrogens is 1. The summed E-state index contributed by atoms with van der Waals surface area (Å²) in [6, 6.07) is 4.98. The summed E-state index contributed by atoms with van der Waals surface area (Å²) in [4.78, 5) is 27.7. The molecule has 6 heteroatoms. The number of hydrogen-bond donors (Lipinski definition) is 2. The number of benzene rings is 1. The number of hydrogen-bond acceptors (Lipinski definition) is 2. The van der Waals surface area contributed by atoms with E-state index in [4.69, 9.17) is 5.11 Å². The van der Waals surface area contributed by atoms with Crippen LogP contribution in [0.25, 0.3) is 10.9 Å². The number of aromatic amines is 1. The van der Waals surface area contributed by atoms with Crippen LogP contribution in [0.2, 0.25) is 0 Å². The molecule has 1 aliphatic heterocycles. The van der Waals surface area contributed by atoms with Crippen LogP contribution in [0.4, 0.5) is 4.39 Å². The number of fused-ring (bicyclic) bond motifs is 1. The zero-order valence-electron chi connectivity index (χ0n) is 10.6. The lowest BCUT2D eigenvalue weighted by molar-refractivity contribution is -0.141. The molecule has 0 spiro atoms. The first-order chi connectivity index (χ1) is 9.56. The Bertz CT molecular complexity index is 695. The number of H-pyrrole nitrogens is 1. The summed E-state index contributed by atoms with van der Waals surface area (Å²) in [6.07, 6.45) is 1.15. The SMILES string of the molecule is O=C(O)[C@H]1CCCN1C(=O)c1cc2cc(F)ccc2[nH]1. The summed E-state index contributed by atoms with van der Waals surface area (Å²) in [5.41, 5.74) is 0.944. The number of likely N-dealkylation sites (tertiary alicyclic amines) is 1. The van der Waals surface area contributed by atoms with Gasteiger partial charge in [0.1, 0.15) is 17.6 Å². The topological polar surface area (TPSA) is 73.4 Å². The van der Waals surface area contributed by atoms with Crippen LogP contribution >= 0.6 is 0 Å². The summed E-state index contributed by atoms with van der Waals surface area (Å²) in [7, 11) is 0. The van der Waals surface area contributed by atoms with Crippen LogP contribution in [0.5, 0.6) is 0 Å².